The number of amides is 1. The SMILES string of the molecule is Cl.O=C(NC1[C@H]2CNC[C@@H]12)c1ccoc1. The van der Waals surface area contributed by atoms with Crippen molar-refractivity contribution < 1.29 is 9.21 Å². The van der Waals surface area contributed by atoms with Crippen LogP contribution in [0.5, 0.6) is 0 Å². The average molecular weight is 229 g/mol. The van der Waals surface area contributed by atoms with E-state index in [2.05, 4.69) is 10.6 Å². The Kier molecular flexibility index (Phi) is 2.71. The number of furan rings is 1. The average Bonchev–Trinajstić information content (AvgIpc) is 2.75. The number of rotatable bonds is 2. The van der Waals surface area contributed by atoms with Gasteiger partial charge in [-0.15, -0.1) is 12.4 Å². The van der Waals surface area contributed by atoms with Gasteiger partial charge in [0, 0.05) is 19.1 Å². The van der Waals surface area contributed by atoms with Gasteiger partial charge in [-0.25, -0.2) is 0 Å². The molecule has 1 unspecified atom stereocenters. The molecule has 15 heavy (non-hydrogen) atoms. The Bertz CT molecular complexity index is 342. The number of piperidine rings is 1. The summed E-state index contributed by atoms with van der Waals surface area (Å²) in [6, 6.07) is 2.07. The maximum Gasteiger partial charge on any atom is 0.254 e. The van der Waals surface area contributed by atoms with Gasteiger partial charge in [0.15, 0.2) is 0 Å². The number of fused-ring (bicyclic) bond motifs is 1. The summed E-state index contributed by atoms with van der Waals surface area (Å²) < 4.78 is 4.86. The van der Waals surface area contributed by atoms with Crippen LogP contribution in [0.3, 0.4) is 0 Å². The summed E-state index contributed by atoms with van der Waals surface area (Å²) in [5.41, 5.74) is 0.614. The second-order valence-electron chi connectivity index (χ2n) is 4.00. The van der Waals surface area contributed by atoms with Gasteiger partial charge in [0.2, 0.25) is 0 Å². The second kappa shape index (κ2) is 3.87. The molecule has 2 aliphatic rings. The molecular formula is C10H13ClN2O2. The van der Waals surface area contributed by atoms with Crippen LogP contribution in [-0.4, -0.2) is 25.0 Å². The zero-order valence-electron chi connectivity index (χ0n) is 8.10. The number of halogens is 1. The standard InChI is InChI=1S/C10H12N2O2.ClH/c13-10(6-1-2-14-5-6)12-9-7-3-11-4-8(7)9;/h1-2,5,7-9,11H,3-4H2,(H,12,13);1H/t7-,8+,9?;. The molecule has 1 saturated carbocycles. The van der Waals surface area contributed by atoms with E-state index in [1.54, 1.807) is 6.07 Å². The molecule has 3 atom stereocenters. The van der Waals surface area contributed by atoms with Crippen LogP contribution in [0, 0.1) is 11.8 Å². The summed E-state index contributed by atoms with van der Waals surface area (Å²) in [7, 11) is 0. The molecule has 82 valence electrons. The van der Waals surface area contributed by atoms with E-state index >= 15 is 0 Å². The smallest absolute Gasteiger partial charge is 0.254 e. The molecule has 1 aromatic heterocycles. The highest BCUT2D eigenvalue weighted by molar-refractivity contribution is 5.94. The minimum atomic E-state index is -0.0156. The van der Waals surface area contributed by atoms with E-state index in [9.17, 15) is 4.79 Å². The normalized spacial score (nSPS) is 31.6. The number of hydrogen-bond donors (Lipinski definition) is 2. The molecule has 1 aromatic rings. The first-order valence-electron chi connectivity index (χ1n) is 4.90. The molecule has 0 spiro atoms. The zero-order chi connectivity index (χ0) is 9.54. The topological polar surface area (TPSA) is 54.3 Å². The molecule has 4 nitrogen and oxygen atoms in total. The molecule has 0 bridgehead atoms. The molecule has 3 rings (SSSR count). The van der Waals surface area contributed by atoms with Crippen molar-refractivity contribution in [3.63, 3.8) is 0 Å². The van der Waals surface area contributed by atoms with Crippen molar-refractivity contribution in [2.75, 3.05) is 13.1 Å². The van der Waals surface area contributed by atoms with Crippen molar-refractivity contribution in [2.45, 2.75) is 6.04 Å². The van der Waals surface area contributed by atoms with Crippen LogP contribution in [0.1, 0.15) is 10.4 Å². The molecule has 2 fully saturated rings. The Hall–Kier alpha value is -1.00. The maximum atomic E-state index is 11.6. The molecular weight excluding hydrogens is 216 g/mol. The van der Waals surface area contributed by atoms with Gasteiger partial charge in [-0.3, -0.25) is 4.79 Å². The highest BCUT2D eigenvalue weighted by Gasteiger charge is 2.53. The Morgan fingerprint density at radius 1 is 1.47 bits per heavy atom. The van der Waals surface area contributed by atoms with Crippen LogP contribution in [0.4, 0.5) is 0 Å². The van der Waals surface area contributed by atoms with E-state index in [4.69, 9.17) is 4.42 Å². The molecule has 1 saturated heterocycles. The Balaban J connectivity index is 0.000000853. The van der Waals surface area contributed by atoms with Crippen LogP contribution in [0.25, 0.3) is 0 Å². The maximum absolute atomic E-state index is 11.6. The fourth-order valence-electron chi connectivity index (χ4n) is 2.26. The first kappa shape index (κ1) is 10.5. The Morgan fingerprint density at radius 3 is 2.80 bits per heavy atom. The van der Waals surface area contributed by atoms with Gasteiger partial charge in [-0.1, -0.05) is 0 Å². The summed E-state index contributed by atoms with van der Waals surface area (Å²) in [6.45, 7) is 2.09. The van der Waals surface area contributed by atoms with E-state index in [0.29, 0.717) is 23.4 Å². The minimum absolute atomic E-state index is 0. The van der Waals surface area contributed by atoms with E-state index in [-0.39, 0.29) is 18.3 Å². The lowest BCUT2D eigenvalue weighted by Crippen LogP contribution is -2.32. The van der Waals surface area contributed by atoms with Gasteiger partial charge in [-0.05, 0) is 17.9 Å². The van der Waals surface area contributed by atoms with Gasteiger partial charge >= 0.3 is 0 Å². The first-order chi connectivity index (χ1) is 6.86. The van der Waals surface area contributed by atoms with Crippen LogP contribution in [0.2, 0.25) is 0 Å². The Labute approximate surface area is 93.8 Å². The summed E-state index contributed by atoms with van der Waals surface area (Å²) in [5.74, 6) is 1.30. The number of carbonyl (C=O) groups is 1. The number of hydrogen-bond acceptors (Lipinski definition) is 3. The van der Waals surface area contributed by atoms with Crippen molar-refractivity contribution in [1.82, 2.24) is 10.6 Å². The molecule has 2 N–H and O–H groups in total. The first-order valence-corrected chi connectivity index (χ1v) is 4.90. The van der Waals surface area contributed by atoms with Gasteiger partial charge in [0.1, 0.15) is 6.26 Å². The molecule has 1 amide bonds. The predicted molar refractivity (Wildman–Crippen MR) is 57.1 cm³/mol. The quantitative estimate of drug-likeness (QED) is 0.782. The highest BCUT2D eigenvalue weighted by Crippen LogP contribution is 2.41. The third-order valence-electron chi connectivity index (χ3n) is 3.17. The lowest BCUT2D eigenvalue weighted by molar-refractivity contribution is 0.0946. The molecule has 2 heterocycles. The zero-order valence-corrected chi connectivity index (χ0v) is 8.92. The van der Waals surface area contributed by atoms with E-state index < -0.39 is 0 Å². The minimum Gasteiger partial charge on any atom is -0.472 e. The Morgan fingerprint density at radius 2 is 2.20 bits per heavy atom. The van der Waals surface area contributed by atoms with Gasteiger partial charge in [0.25, 0.3) is 5.91 Å². The van der Waals surface area contributed by atoms with Gasteiger partial charge in [-0.2, -0.15) is 0 Å². The molecule has 1 aliphatic carbocycles. The van der Waals surface area contributed by atoms with Crippen molar-refractivity contribution in [2.24, 2.45) is 11.8 Å². The van der Waals surface area contributed by atoms with Crippen LogP contribution >= 0.6 is 12.4 Å². The van der Waals surface area contributed by atoms with Crippen molar-refractivity contribution in [1.29, 1.82) is 0 Å². The molecule has 5 heteroatoms. The molecule has 1 aliphatic heterocycles. The van der Waals surface area contributed by atoms with E-state index in [1.807, 2.05) is 0 Å². The van der Waals surface area contributed by atoms with Crippen molar-refractivity contribution in [3.8, 4) is 0 Å². The third kappa shape index (κ3) is 1.75. The fraction of sp³-hybridized carbons (Fsp3) is 0.500. The van der Waals surface area contributed by atoms with Crippen molar-refractivity contribution in [3.05, 3.63) is 24.2 Å². The monoisotopic (exact) mass is 228 g/mol. The van der Waals surface area contributed by atoms with E-state index in [1.165, 1.54) is 12.5 Å². The van der Waals surface area contributed by atoms with Gasteiger partial charge < -0.3 is 15.1 Å². The van der Waals surface area contributed by atoms with Crippen molar-refractivity contribution >= 4 is 18.3 Å². The lowest BCUT2D eigenvalue weighted by Gasteiger charge is -2.05. The third-order valence-corrected chi connectivity index (χ3v) is 3.17. The molecule has 0 aromatic carbocycles. The highest BCUT2D eigenvalue weighted by atomic mass is 35.5. The summed E-state index contributed by atoms with van der Waals surface area (Å²) in [4.78, 5) is 11.6. The second-order valence-corrected chi connectivity index (χ2v) is 4.00. The summed E-state index contributed by atoms with van der Waals surface area (Å²) in [5, 5.41) is 6.31. The fourth-order valence-corrected chi connectivity index (χ4v) is 2.26. The summed E-state index contributed by atoms with van der Waals surface area (Å²) >= 11 is 0. The van der Waals surface area contributed by atoms with Gasteiger partial charge in [0.05, 0.1) is 11.8 Å². The number of carbonyl (C=O) groups excluding carboxylic acids is 1. The van der Waals surface area contributed by atoms with E-state index in [0.717, 1.165) is 13.1 Å². The van der Waals surface area contributed by atoms with Crippen LogP contribution < -0.4 is 10.6 Å². The van der Waals surface area contributed by atoms with Crippen LogP contribution in [0.15, 0.2) is 23.0 Å². The predicted octanol–water partition coefficient (Wildman–Crippen LogP) is 0.649. The molecule has 0 radical (unpaired) electrons. The number of nitrogens with one attached hydrogen (secondary N) is 2. The summed E-state index contributed by atoms with van der Waals surface area (Å²) in [6.07, 6.45) is 3.00. The van der Waals surface area contributed by atoms with Crippen LogP contribution in [-0.2, 0) is 0 Å². The lowest BCUT2D eigenvalue weighted by atomic mass is 10.3. The largest absolute Gasteiger partial charge is 0.472 e.